The van der Waals surface area contributed by atoms with Gasteiger partial charge in [0.25, 0.3) is 0 Å². The van der Waals surface area contributed by atoms with Crippen molar-refractivity contribution in [3.8, 4) is 0 Å². The number of amides is 1. The molecule has 0 unspecified atom stereocenters. The smallest absolute Gasteiger partial charge is 0.404 e. The molecular formula is C7H14N2O6. The van der Waals surface area contributed by atoms with Crippen LogP contribution in [0.5, 0.6) is 0 Å². The molecule has 0 spiro atoms. The molecule has 0 heterocycles. The molecule has 88 valence electrons. The van der Waals surface area contributed by atoms with Crippen molar-refractivity contribution in [2.45, 2.75) is 24.4 Å². The van der Waals surface area contributed by atoms with E-state index >= 15 is 0 Å². The number of primary amides is 1. The van der Waals surface area contributed by atoms with Crippen LogP contribution in [0.1, 0.15) is 0 Å². The predicted octanol–water partition coefficient (Wildman–Crippen LogP) is -3.31. The van der Waals surface area contributed by atoms with Gasteiger partial charge in [0.1, 0.15) is 18.5 Å². The molecule has 4 atom stereocenters. The number of carbonyl (C=O) groups is 2. The van der Waals surface area contributed by atoms with Crippen LogP contribution in [0, 0.1) is 0 Å². The topological polar surface area (TPSA) is 156 Å². The molecule has 0 aromatic heterocycles. The number of carbonyl (C=O) groups excluding carboxylic acids is 2. The SMILES string of the molecule is NC(=O)O[C@@H]([C@H](O)[C@@H](N)C=O)[C@H](O)CO. The highest BCUT2D eigenvalue weighted by Crippen LogP contribution is 2.07. The Hall–Kier alpha value is -1.22. The fourth-order valence-electron chi connectivity index (χ4n) is 0.913. The minimum absolute atomic E-state index is 0.214. The van der Waals surface area contributed by atoms with Crippen LogP contribution < -0.4 is 11.5 Å². The van der Waals surface area contributed by atoms with Gasteiger partial charge in [-0.1, -0.05) is 0 Å². The van der Waals surface area contributed by atoms with Crippen LogP contribution in [0.4, 0.5) is 4.79 Å². The van der Waals surface area contributed by atoms with Crippen molar-refractivity contribution in [3.63, 3.8) is 0 Å². The maximum absolute atomic E-state index is 10.4. The number of nitrogens with two attached hydrogens (primary N) is 2. The number of hydrogen-bond acceptors (Lipinski definition) is 7. The van der Waals surface area contributed by atoms with Crippen molar-refractivity contribution in [2.24, 2.45) is 11.5 Å². The van der Waals surface area contributed by atoms with Crippen molar-refractivity contribution in [3.05, 3.63) is 0 Å². The van der Waals surface area contributed by atoms with Crippen molar-refractivity contribution in [1.29, 1.82) is 0 Å². The molecular weight excluding hydrogens is 208 g/mol. The summed E-state index contributed by atoms with van der Waals surface area (Å²) in [6.45, 7) is -0.777. The first-order valence-electron chi connectivity index (χ1n) is 4.08. The van der Waals surface area contributed by atoms with Gasteiger partial charge in [-0.05, 0) is 0 Å². The van der Waals surface area contributed by atoms with Gasteiger partial charge in [-0.3, -0.25) is 0 Å². The molecule has 0 aliphatic carbocycles. The average Bonchev–Trinajstić information content (AvgIpc) is 2.22. The quantitative estimate of drug-likeness (QED) is 0.294. The van der Waals surface area contributed by atoms with E-state index in [-0.39, 0.29) is 6.29 Å². The molecule has 0 aliphatic rings. The van der Waals surface area contributed by atoms with E-state index < -0.39 is 37.1 Å². The highest BCUT2D eigenvalue weighted by molar-refractivity contribution is 5.65. The zero-order valence-corrected chi connectivity index (χ0v) is 7.81. The lowest BCUT2D eigenvalue weighted by Gasteiger charge is -2.27. The van der Waals surface area contributed by atoms with Crippen LogP contribution in [0.15, 0.2) is 0 Å². The number of hydrogen-bond donors (Lipinski definition) is 5. The molecule has 15 heavy (non-hydrogen) atoms. The first-order chi connectivity index (χ1) is 6.93. The first kappa shape index (κ1) is 13.8. The van der Waals surface area contributed by atoms with Crippen LogP contribution in [0.3, 0.4) is 0 Å². The van der Waals surface area contributed by atoms with Gasteiger partial charge >= 0.3 is 6.09 Å². The molecule has 0 aromatic carbocycles. The van der Waals surface area contributed by atoms with E-state index in [0.29, 0.717) is 0 Å². The van der Waals surface area contributed by atoms with Crippen molar-refractivity contribution in [2.75, 3.05) is 6.61 Å². The van der Waals surface area contributed by atoms with Gasteiger partial charge < -0.3 is 36.3 Å². The summed E-state index contributed by atoms with van der Waals surface area (Å²) in [5, 5.41) is 27.1. The normalized spacial score (nSPS) is 18.7. The Balaban J connectivity index is 4.60. The first-order valence-corrected chi connectivity index (χ1v) is 4.08. The molecule has 0 aromatic rings. The Morgan fingerprint density at radius 3 is 2.33 bits per heavy atom. The molecule has 0 saturated carbocycles. The third-order valence-corrected chi connectivity index (χ3v) is 1.71. The molecule has 0 radical (unpaired) electrons. The number of aldehydes is 1. The molecule has 0 bridgehead atoms. The molecule has 8 nitrogen and oxygen atoms in total. The summed E-state index contributed by atoms with van der Waals surface area (Å²) < 4.78 is 4.33. The van der Waals surface area contributed by atoms with Crippen LogP contribution in [0.25, 0.3) is 0 Å². The van der Waals surface area contributed by atoms with Crippen LogP contribution in [-0.2, 0) is 9.53 Å². The van der Waals surface area contributed by atoms with Gasteiger partial charge in [0.05, 0.1) is 12.6 Å². The molecule has 8 heteroatoms. The standard InChI is InChI=1S/C7H14N2O6/c8-3(1-10)5(13)6(4(12)2-11)15-7(9)14/h1,3-6,11-13H,2,8H2,(H2,9,14)/t3-,4+,5+,6+/m0/s1. The van der Waals surface area contributed by atoms with Gasteiger partial charge in [0.15, 0.2) is 6.10 Å². The lowest BCUT2D eigenvalue weighted by atomic mass is 10.0. The van der Waals surface area contributed by atoms with Crippen LogP contribution in [-0.4, -0.2) is 58.7 Å². The second kappa shape index (κ2) is 6.30. The van der Waals surface area contributed by atoms with E-state index in [0.717, 1.165) is 0 Å². The van der Waals surface area contributed by atoms with E-state index in [1.54, 1.807) is 0 Å². The van der Waals surface area contributed by atoms with Crippen LogP contribution >= 0.6 is 0 Å². The fraction of sp³-hybridized carbons (Fsp3) is 0.714. The highest BCUT2D eigenvalue weighted by Gasteiger charge is 2.33. The van der Waals surface area contributed by atoms with E-state index in [1.165, 1.54) is 0 Å². The third-order valence-electron chi connectivity index (χ3n) is 1.71. The van der Waals surface area contributed by atoms with Crippen molar-refractivity contribution >= 4 is 12.4 Å². The van der Waals surface area contributed by atoms with Gasteiger partial charge in [-0.2, -0.15) is 0 Å². The summed E-state index contributed by atoms with van der Waals surface area (Å²) in [5.41, 5.74) is 9.81. The highest BCUT2D eigenvalue weighted by atomic mass is 16.6. The van der Waals surface area contributed by atoms with Gasteiger partial charge in [0.2, 0.25) is 0 Å². The van der Waals surface area contributed by atoms with Gasteiger partial charge in [-0.15, -0.1) is 0 Å². The zero-order chi connectivity index (χ0) is 12.0. The summed E-state index contributed by atoms with van der Waals surface area (Å²) in [7, 11) is 0. The predicted molar refractivity (Wildman–Crippen MR) is 47.6 cm³/mol. The van der Waals surface area contributed by atoms with Gasteiger partial charge in [0, 0.05) is 0 Å². The van der Waals surface area contributed by atoms with E-state index in [1.807, 2.05) is 0 Å². The monoisotopic (exact) mass is 222 g/mol. The number of rotatable bonds is 6. The molecule has 0 fully saturated rings. The second-order valence-corrected chi connectivity index (χ2v) is 2.86. The fourth-order valence-corrected chi connectivity index (χ4v) is 0.913. The number of aliphatic hydroxyl groups is 3. The summed E-state index contributed by atoms with van der Waals surface area (Å²) >= 11 is 0. The van der Waals surface area contributed by atoms with Crippen LogP contribution in [0.2, 0.25) is 0 Å². The van der Waals surface area contributed by atoms with Gasteiger partial charge in [-0.25, -0.2) is 4.79 Å². The summed E-state index contributed by atoms with van der Waals surface area (Å²) in [6, 6.07) is -1.35. The minimum Gasteiger partial charge on any atom is -0.441 e. The molecule has 7 N–H and O–H groups in total. The Bertz CT molecular complexity index is 224. The molecule has 0 saturated heterocycles. The Morgan fingerprint density at radius 1 is 1.47 bits per heavy atom. The maximum atomic E-state index is 10.4. The molecule has 0 rings (SSSR count). The minimum atomic E-state index is -1.64. The molecule has 0 aliphatic heterocycles. The lowest BCUT2D eigenvalue weighted by molar-refractivity contribution is -0.118. The third kappa shape index (κ3) is 4.21. The Kier molecular flexibility index (Phi) is 5.79. The van der Waals surface area contributed by atoms with E-state index in [2.05, 4.69) is 10.5 Å². The van der Waals surface area contributed by atoms with Crippen molar-refractivity contribution < 1.29 is 29.6 Å². The Labute approximate surface area is 85.4 Å². The number of ether oxygens (including phenoxy) is 1. The second-order valence-electron chi connectivity index (χ2n) is 2.86. The number of aliphatic hydroxyl groups excluding tert-OH is 3. The largest absolute Gasteiger partial charge is 0.441 e. The summed E-state index contributed by atoms with van der Waals surface area (Å²) in [4.78, 5) is 20.7. The summed E-state index contributed by atoms with van der Waals surface area (Å²) in [5.74, 6) is 0. The van der Waals surface area contributed by atoms with E-state index in [4.69, 9.17) is 15.9 Å². The average molecular weight is 222 g/mol. The zero-order valence-electron chi connectivity index (χ0n) is 7.81. The van der Waals surface area contributed by atoms with E-state index in [9.17, 15) is 14.7 Å². The van der Waals surface area contributed by atoms with Crippen molar-refractivity contribution in [1.82, 2.24) is 0 Å². The molecule has 1 amide bonds. The maximum Gasteiger partial charge on any atom is 0.404 e. The summed E-state index contributed by atoms with van der Waals surface area (Å²) in [6.07, 6.45) is -5.81. The lowest BCUT2D eigenvalue weighted by Crippen LogP contribution is -2.52. The Morgan fingerprint density at radius 2 is 2.00 bits per heavy atom.